The maximum absolute atomic E-state index is 5.48. The van der Waals surface area contributed by atoms with E-state index in [4.69, 9.17) is 5.73 Å². The molecule has 0 unspecified atom stereocenters. The van der Waals surface area contributed by atoms with E-state index in [-0.39, 0.29) is 0 Å². The maximum Gasteiger partial charge on any atom is 0.131 e. The number of hydrogen-bond acceptors (Lipinski definition) is 4. The lowest BCUT2D eigenvalue weighted by atomic mass is 10.3. The topological polar surface area (TPSA) is 63.8 Å². The van der Waals surface area contributed by atoms with Gasteiger partial charge >= 0.3 is 0 Å². The lowest BCUT2D eigenvalue weighted by Gasteiger charge is -2.04. The van der Waals surface area contributed by atoms with Gasteiger partial charge in [0.15, 0.2) is 0 Å². The van der Waals surface area contributed by atoms with E-state index >= 15 is 0 Å². The predicted octanol–water partition coefficient (Wildman–Crippen LogP) is 1.68. The van der Waals surface area contributed by atoms with Gasteiger partial charge in [0.25, 0.3) is 0 Å². The van der Waals surface area contributed by atoms with E-state index in [1.807, 2.05) is 30.3 Å². The van der Waals surface area contributed by atoms with Crippen LogP contribution in [0.25, 0.3) is 0 Å². The van der Waals surface area contributed by atoms with Crippen molar-refractivity contribution in [3.63, 3.8) is 0 Å². The van der Waals surface area contributed by atoms with Crippen LogP contribution in [0.1, 0.15) is 5.56 Å². The summed E-state index contributed by atoms with van der Waals surface area (Å²) >= 11 is 0. The lowest BCUT2D eigenvalue weighted by Crippen LogP contribution is -1.99. The Morgan fingerprint density at radius 3 is 2.53 bits per heavy atom. The number of aromatic nitrogens is 2. The van der Waals surface area contributed by atoms with Crippen LogP contribution in [0.2, 0.25) is 0 Å². The molecule has 2 aromatic heterocycles. The molecule has 2 aromatic rings. The molecule has 0 aliphatic rings. The van der Waals surface area contributed by atoms with Crippen LogP contribution in [0.4, 0.5) is 11.6 Å². The highest BCUT2D eigenvalue weighted by molar-refractivity contribution is 5.50. The highest BCUT2D eigenvalue weighted by Crippen LogP contribution is 2.10. The first-order valence-electron chi connectivity index (χ1n) is 4.71. The van der Waals surface area contributed by atoms with Crippen molar-refractivity contribution in [3.05, 3.63) is 48.3 Å². The van der Waals surface area contributed by atoms with Crippen molar-refractivity contribution in [2.75, 3.05) is 5.32 Å². The second-order valence-corrected chi connectivity index (χ2v) is 3.10. The van der Waals surface area contributed by atoms with E-state index < -0.39 is 0 Å². The van der Waals surface area contributed by atoms with Crippen LogP contribution in [-0.4, -0.2) is 9.97 Å². The van der Waals surface area contributed by atoms with Gasteiger partial charge in [-0.15, -0.1) is 0 Å². The smallest absolute Gasteiger partial charge is 0.131 e. The minimum absolute atomic E-state index is 0.511. The fourth-order valence-electron chi connectivity index (χ4n) is 1.19. The number of anilines is 2. The van der Waals surface area contributed by atoms with Gasteiger partial charge in [0.1, 0.15) is 11.6 Å². The zero-order valence-electron chi connectivity index (χ0n) is 8.22. The quantitative estimate of drug-likeness (QED) is 0.791. The zero-order chi connectivity index (χ0) is 10.5. The molecule has 76 valence electrons. The Morgan fingerprint density at radius 2 is 1.93 bits per heavy atom. The largest absolute Gasteiger partial charge is 0.326 e. The van der Waals surface area contributed by atoms with Crippen LogP contribution in [0.5, 0.6) is 0 Å². The molecule has 0 atom stereocenters. The van der Waals surface area contributed by atoms with E-state index in [1.54, 1.807) is 12.4 Å². The third-order valence-corrected chi connectivity index (χ3v) is 1.98. The highest BCUT2D eigenvalue weighted by atomic mass is 15.0. The van der Waals surface area contributed by atoms with Crippen LogP contribution >= 0.6 is 0 Å². The maximum atomic E-state index is 5.48. The van der Waals surface area contributed by atoms with E-state index in [0.29, 0.717) is 6.54 Å². The molecule has 4 heteroatoms. The molecule has 4 nitrogen and oxygen atoms in total. The Labute approximate surface area is 88.2 Å². The van der Waals surface area contributed by atoms with Gasteiger partial charge in [0, 0.05) is 18.9 Å². The Morgan fingerprint density at radius 1 is 1.07 bits per heavy atom. The Balaban J connectivity index is 2.11. The molecule has 0 fully saturated rings. The summed E-state index contributed by atoms with van der Waals surface area (Å²) < 4.78 is 0. The number of nitrogens with two attached hydrogens (primary N) is 1. The molecule has 0 radical (unpaired) electrons. The fraction of sp³-hybridized carbons (Fsp3) is 0.0909. The molecule has 0 bridgehead atoms. The number of nitrogens with zero attached hydrogens (tertiary/aromatic N) is 2. The van der Waals surface area contributed by atoms with Crippen molar-refractivity contribution in [1.29, 1.82) is 0 Å². The fourth-order valence-corrected chi connectivity index (χ4v) is 1.19. The summed E-state index contributed by atoms with van der Waals surface area (Å²) in [7, 11) is 0. The van der Waals surface area contributed by atoms with E-state index in [9.17, 15) is 0 Å². The van der Waals surface area contributed by atoms with Crippen LogP contribution < -0.4 is 11.1 Å². The molecule has 0 spiro atoms. The average molecular weight is 200 g/mol. The molecule has 0 saturated heterocycles. The summed E-state index contributed by atoms with van der Waals surface area (Å²) in [6.45, 7) is 0.511. The van der Waals surface area contributed by atoms with Gasteiger partial charge in [-0.1, -0.05) is 12.1 Å². The van der Waals surface area contributed by atoms with Crippen LogP contribution in [0.15, 0.2) is 42.7 Å². The van der Waals surface area contributed by atoms with Crippen molar-refractivity contribution in [2.45, 2.75) is 6.54 Å². The molecule has 0 aliphatic heterocycles. The summed E-state index contributed by atoms with van der Waals surface area (Å²) in [5.41, 5.74) is 6.50. The molecular weight excluding hydrogens is 188 g/mol. The molecule has 0 amide bonds. The SMILES string of the molecule is NCc1ccc(Nc2ccccn2)nc1. The number of pyridine rings is 2. The summed E-state index contributed by atoms with van der Waals surface area (Å²) in [6, 6.07) is 9.51. The van der Waals surface area contributed by atoms with E-state index in [2.05, 4.69) is 15.3 Å². The zero-order valence-corrected chi connectivity index (χ0v) is 8.22. The molecule has 2 rings (SSSR count). The highest BCUT2D eigenvalue weighted by Gasteiger charge is 1.95. The molecule has 0 saturated carbocycles. The van der Waals surface area contributed by atoms with Crippen molar-refractivity contribution < 1.29 is 0 Å². The minimum Gasteiger partial charge on any atom is -0.326 e. The Bertz CT molecular complexity index is 410. The molecule has 2 heterocycles. The summed E-state index contributed by atoms with van der Waals surface area (Å²) in [5.74, 6) is 1.55. The van der Waals surface area contributed by atoms with Gasteiger partial charge in [-0.3, -0.25) is 0 Å². The minimum atomic E-state index is 0.511. The van der Waals surface area contributed by atoms with Gasteiger partial charge in [-0.2, -0.15) is 0 Å². The standard InChI is InChI=1S/C11H12N4/c12-7-9-4-5-11(14-8-9)15-10-3-1-2-6-13-10/h1-6,8H,7,12H2,(H,13,14,15). The molecular formula is C11H12N4. The number of rotatable bonds is 3. The first-order valence-corrected chi connectivity index (χ1v) is 4.71. The molecule has 3 N–H and O–H groups in total. The first-order chi connectivity index (χ1) is 7.38. The number of nitrogens with one attached hydrogen (secondary N) is 1. The second-order valence-electron chi connectivity index (χ2n) is 3.10. The molecule has 15 heavy (non-hydrogen) atoms. The van der Waals surface area contributed by atoms with Crippen molar-refractivity contribution >= 4 is 11.6 Å². The van der Waals surface area contributed by atoms with Crippen LogP contribution in [0.3, 0.4) is 0 Å². The second kappa shape index (κ2) is 4.52. The average Bonchev–Trinajstić information content (AvgIpc) is 2.31. The van der Waals surface area contributed by atoms with Crippen molar-refractivity contribution in [1.82, 2.24) is 9.97 Å². The van der Waals surface area contributed by atoms with Gasteiger partial charge in [-0.05, 0) is 23.8 Å². The monoisotopic (exact) mass is 200 g/mol. The Kier molecular flexibility index (Phi) is 2.90. The molecule has 0 aromatic carbocycles. The van der Waals surface area contributed by atoms with Crippen molar-refractivity contribution in [2.24, 2.45) is 5.73 Å². The third-order valence-electron chi connectivity index (χ3n) is 1.98. The van der Waals surface area contributed by atoms with Gasteiger partial charge in [0.2, 0.25) is 0 Å². The van der Waals surface area contributed by atoms with Crippen molar-refractivity contribution in [3.8, 4) is 0 Å². The van der Waals surface area contributed by atoms with E-state index in [0.717, 1.165) is 17.2 Å². The summed E-state index contributed by atoms with van der Waals surface area (Å²) in [4.78, 5) is 8.35. The summed E-state index contributed by atoms with van der Waals surface area (Å²) in [5, 5.41) is 3.09. The normalized spacial score (nSPS) is 9.93. The number of hydrogen-bond donors (Lipinski definition) is 2. The van der Waals surface area contributed by atoms with Crippen LogP contribution in [-0.2, 0) is 6.54 Å². The summed E-state index contributed by atoms with van der Waals surface area (Å²) in [6.07, 6.45) is 3.49. The third kappa shape index (κ3) is 2.51. The first kappa shape index (κ1) is 9.61. The van der Waals surface area contributed by atoms with E-state index in [1.165, 1.54) is 0 Å². The predicted molar refractivity (Wildman–Crippen MR) is 59.6 cm³/mol. The van der Waals surface area contributed by atoms with Gasteiger partial charge in [-0.25, -0.2) is 9.97 Å². The Hall–Kier alpha value is -1.94. The van der Waals surface area contributed by atoms with Crippen LogP contribution in [0, 0.1) is 0 Å². The van der Waals surface area contributed by atoms with Gasteiger partial charge < -0.3 is 11.1 Å². The lowest BCUT2D eigenvalue weighted by molar-refractivity contribution is 1.05. The molecule has 0 aliphatic carbocycles. The van der Waals surface area contributed by atoms with Gasteiger partial charge in [0.05, 0.1) is 0 Å².